The van der Waals surface area contributed by atoms with Crippen molar-refractivity contribution in [3.63, 3.8) is 0 Å². The third kappa shape index (κ3) is 7.27. The van der Waals surface area contributed by atoms with Gasteiger partial charge in [0, 0.05) is 6.04 Å². The molecule has 0 saturated carbocycles. The van der Waals surface area contributed by atoms with E-state index in [1.54, 1.807) is 0 Å². The summed E-state index contributed by atoms with van der Waals surface area (Å²) in [6.07, 6.45) is 9.61. The molecule has 1 nitrogen and oxygen atoms in total. The molecule has 0 aromatic heterocycles. The largest absolute Gasteiger partial charge is 0.303 e. The molecule has 0 spiro atoms. The smallest absolute Gasteiger partial charge is 0.00895 e. The summed E-state index contributed by atoms with van der Waals surface area (Å²) in [5.41, 5.74) is 0. The van der Waals surface area contributed by atoms with Crippen LogP contribution in [0.3, 0.4) is 0 Å². The number of hydrogen-bond acceptors (Lipinski definition) is 1. The molecule has 0 aliphatic rings. The molecular weight excluding hydrogens is 194 g/mol. The maximum Gasteiger partial charge on any atom is 0.00895 e. The fraction of sp³-hybridized carbons (Fsp3) is 1.00. The van der Waals surface area contributed by atoms with E-state index in [1.165, 1.54) is 51.5 Å². The van der Waals surface area contributed by atoms with Crippen molar-refractivity contribution in [3.05, 3.63) is 0 Å². The molecule has 0 aromatic carbocycles. The molecule has 16 heavy (non-hydrogen) atoms. The van der Waals surface area contributed by atoms with Crippen molar-refractivity contribution >= 4 is 0 Å². The Labute approximate surface area is 104 Å². The second kappa shape index (κ2) is 10.1. The highest BCUT2D eigenvalue weighted by molar-refractivity contribution is 4.70. The van der Waals surface area contributed by atoms with Gasteiger partial charge in [0.05, 0.1) is 0 Å². The van der Waals surface area contributed by atoms with Crippen LogP contribution >= 0.6 is 0 Å². The number of rotatable bonds is 10. The van der Waals surface area contributed by atoms with Gasteiger partial charge < -0.3 is 4.90 Å². The first-order valence-corrected chi connectivity index (χ1v) is 7.33. The lowest BCUT2D eigenvalue weighted by molar-refractivity contribution is 0.187. The minimum absolute atomic E-state index is 0.744. The average Bonchev–Trinajstić information content (AvgIpc) is 2.30. The Bertz CT molecular complexity index is 144. The standard InChI is InChI=1S/C15H33N/c1-6-8-10-11-13-16(5)15(4)14(3)12-9-7-2/h14-15H,6-13H2,1-5H3. The Morgan fingerprint density at radius 2 is 1.50 bits per heavy atom. The van der Waals surface area contributed by atoms with Gasteiger partial charge in [-0.05, 0) is 39.3 Å². The van der Waals surface area contributed by atoms with Crippen LogP contribution in [-0.2, 0) is 0 Å². The predicted octanol–water partition coefficient (Wildman–Crippen LogP) is 4.71. The molecule has 0 amide bonds. The monoisotopic (exact) mass is 227 g/mol. The van der Waals surface area contributed by atoms with Gasteiger partial charge in [0.25, 0.3) is 0 Å². The number of hydrogen-bond donors (Lipinski definition) is 0. The molecule has 2 unspecified atom stereocenters. The number of nitrogens with zero attached hydrogens (tertiary/aromatic N) is 1. The summed E-state index contributed by atoms with van der Waals surface area (Å²) in [6, 6.07) is 0.744. The normalized spacial score (nSPS) is 15.4. The topological polar surface area (TPSA) is 3.24 Å². The van der Waals surface area contributed by atoms with Crippen LogP contribution in [0.5, 0.6) is 0 Å². The molecule has 2 atom stereocenters. The van der Waals surface area contributed by atoms with Crippen molar-refractivity contribution in [2.75, 3.05) is 13.6 Å². The van der Waals surface area contributed by atoms with Gasteiger partial charge in [-0.15, -0.1) is 0 Å². The van der Waals surface area contributed by atoms with Gasteiger partial charge in [-0.3, -0.25) is 0 Å². The molecule has 0 rings (SSSR count). The molecule has 98 valence electrons. The van der Waals surface area contributed by atoms with Crippen LogP contribution in [0.15, 0.2) is 0 Å². The lowest BCUT2D eigenvalue weighted by atomic mass is 9.96. The molecule has 0 aliphatic carbocycles. The average molecular weight is 227 g/mol. The SMILES string of the molecule is CCCCCCN(C)C(C)C(C)CCCC. The van der Waals surface area contributed by atoms with Crippen LogP contribution in [0, 0.1) is 5.92 Å². The number of unbranched alkanes of at least 4 members (excludes halogenated alkanes) is 4. The van der Waals surface area contributed by atoms with Crippen molar-refractivity contribution in [2.45, 2.75) is 78.7 Å². The maximum absolute atomic E-state index is 2.55. The van der Waals surface area contributed by atoms with E-state index in [1.807, 2.05) is 0 Å². The van der Waals surface area contributed by atoms with E-state index in [4.69, 9.17) is 0 Å². The first kappa shape index (κ1) is 16.0. The second-order valence-corrected chi connectivity index (χ2v) is 5.40. The zero-order valence-corrected chi connectivity index (χ0v) is 12.3. The first-order chi connectivity index (χ1) is 7.63. The highest BCUT2D eigenvalue weighted by atomic mass is 15.1. The van der Waals surface area contributed by atoms with E-state index in [2.05, 4.69) is 39.6 Å². The summed E-state index contributed by atoms with van der Waals surface area (Å²) >= 11 is 0. The van der Waals surface area contributed by atoms with Gasteiger partial charge in [0.15, 0.2) is 0 Å². The fourth-order valence-electron chi connectivity index (χ4n) is 2.19. The highest BCUT2D eigenvalue weighted by Gasteiger charge is 2.15. The highest BCUT2D eigenvalue weighted by Crippen LogP contribution is 2.16. The zero-order valence-electron chi connectivity index (χ0n) is 12.3. The van der Waals surface area contributed by atoms with Gasteiger partial charge >= 0.3 is 0 Å². The molecule has 0 bridgehead atoms. The van der Waals surface area contributed by atoms with Crippen LogP contribution < -0.4 is 0 Å². The molecule has 0 aliphatic heterocycles. The Morgan fingerprint density at radius 1 is 0.875 bits per heavy atom. The molecule has 0 saturated heterocycles. The third-order valence-electron chi connectivity index (χ3n) is 3.90. The Morgan fingerprint density at radius 3 is 2.06 bits per heavy atom. The Kier molecular flexibility index (Phi) is 10.1. The van der Waals surface area contributed by atoms with Gasteiger partial charge in [0.1, 0.15) is 0 Å². The minimum atomic E-state index is 0.744. The van der Waals surface area contributed by atoms with E-state index < -0.39 is 0 Å². The summed E-state index contributed by atoms with van der Waals surface area (Å²) in [5.74, 6) is 0.844. The van der Waals surface area contributed by atoms with Crippen molar-refractivity contribution in [1.29, 1.82) is 0 Å². The predicted molar refractivity (Wildman–Crippen MR) is 74.9 cm³/mol. The summed E-state index contributed by atoms with van der Waals surface area (Å²) in [5, 5.41) is 0. The van der Waals surface area contributed by atoms with E-state index >= 15 is 0 Å². The van der Waals surface area contributed by atoms with Gasteiger partial charge in [0.2, 0.25) is 0 Å². The van der Waals surface area contributed by atoms with E-state index in [0.717, 1.165) is 12.0 Å². The molecule has 0 aromatic rings. The quantitative estimate of drug-likeness (QED) is 0.488. The Hall–Kier alpha value is -0.0400. The Balaban J connectivity index is 3.66. The van der Waals surface area contributed by atoms with Gasteiger partial charge in [-0.25, -0.2) is 0 Å². The first-order valence-electron chi connectivity index (χ1n) is 7.33. The van der Waals surface area contributed by atoms with Crippen molar-refractivity contribution in [1.82, 2.24) is 4.90 Å². The van der Waals surface area contributed by atoms with Gasteiger partial charge in [-0.2, -0.15) is 0 Å². The van der Waals surface area contributed by atoms with Gasteiger partial charge in [-0.1, -0.05) is 52.9 Å². The van der Waals surface area contributed by atoms with Crippen LogP contribution in [-0.4, -0.2) is 24.5 Å². The van der Waals surface area contributed by atoms with Crippen molar-refractivity contribution in [2.24, 2.45) is 5.92 Å². The van der Waals surface area contributed by atoms with Crippen LogP contribution in [0.4, 0.5) is 0 Å². The summed E-state index contributed by atoms with van der Waals surface area (Å²) in [7, 11) is 2.29. The van der Waals surface area contributed by atoms with Crippen LogP contribution in [0.2, 0.25) is 0 Å². The zero-order chi connectivity index (χ0) is 12.4. The van der Waals surface area contributed by atoms with E-state index in [0.29, 0.717) is 0 Å². The molecule has 0 N–H and O–H groups in total. The lowest BCUT2D eigenvalue weighted by Gasteiger charge is -2.30. The minimum Gasteiger partial charge on any atom is -0.303 e. The van der Waals surface area contributed by atoms with Crippen LogP contribution in [0.1, 0.15) is 72.6 Å². The van der Waals surface area contributed by atoms with E-state index in [-0.39, 0.29) is 0 Å². The molecule has 0 radical (unpaired) electrons. The third-order valence-corrected chi connectivity index (χ3v) is 3.90. The van der Waals surface area contributed by atoms with Crippen molar-refractivity contribution in [3.8, 4) is 0 Å². The molecule has 1 heteroatoms. The molecule has 0 heterocycles. The summed E-state index contributed by atoms with van der Waals surface area (Å²) < 4.78 is 0. The molecular formula is C15H33N. The summed E-state index contributed by atoms with van der Waals surface area (Å²) in [6.45, 7) is 10.6. The fourth-order valence-corrected chi connectivity index (χ4v) is 2.19. The van der Waals surface area contributed by atoms with Crippen molar-refractivity contribution < 1.29 is 0 Å². The maximum atomic E-state index is 2.55. The molecule has 0 fully saturated rings. The lowest BCUT2D eigenvalue weighted by Crippen LogP contribution is -2.35. The summed E-state index contributed by atoms with van der Waals surface area (Å²) in [4.78, 5) is 2.55. The van der Waals surface area contributed by atoms with Crippen LogP contribution in [0.25, 0.3) is 0 Å². The van der Waals surface area contributed by atoms with E-state index in [9.17, 15) is 0 Å². The second-order valence-electron chi connectivity index (χ2n) is 5.40.